The van der Waals surface area contributed by atoms with Crippen LogP contribution in [0.15, 0.2) is 54.3 Å². The van der Waals surface area contributed by atoms with E-state index in [0.29, 0.717) is 17.2 Å². The minimum Gasteiger partial charge on any atom is -0.404 e. The van der Waals surface area contributed by atoms with Crippen molar-refractivity contribution in [3.63, 3.8) is 0 Å². The van der Waals surface area contributed by atoms with Gasteiger partial charge in [0.1, 0.15) is 11.6 Å². The van der Waals surface area contributed by atoms with E-state index in [1.807, 2.05) is 24.3 Å². The van der Waals surface area contributed by atoms with Crippen molar-refractivity contribution in [2.45, 2.75) is 20.8 Å². The number of anilines is 1. The van der Waals surface area contributed by atoms with Crippen LogP contribution in [0.4, 0.5) is 5.82 Å². The summed E-state index contributed by atoms with van der Waals surface area (Å²) in [4.78, 5) is 8.99. The molecule has 2 heterocycles. The molecule has 0 unspecified atom stereocenters. The second-order valence-electron chi connectivity index (χ2n) is 7.09. The van der Waals surface area contributed by atoms with Crippen LogP contribution in [0.2, 0.25) is 0 Å². The van der Waals surface area contributed by atoms with Crippen LogP contribution in [0.3, 0.4) is 0 Å². The number of hydrogen-bond donors (Lipinski definition) is 5. The maximum atomic E-state index is 7.54. The number of pyridine rings is 2. The maximum absolute atomic E-state index is 7.54. The molecule has 27 heavy (non-hydrogen) atoms. The molecule has 0 amide bonds. The quantitative estimate of drug-likeness (QED) is 0.396. The summed E-state index contributed by atoms with van der Waals surface area (Å²) in [5.74, 6) is 1.06. The van der Waals surface area contributed by atoms with E-state index >= 15 is 0 Å². The normalized spacial score (nSPS) is 13.6. The lowest BCUT2D eigenvalue weighted by molar-refractivity contribution is 0.515. The number of fused-ring (bicyclic) bond motifs is 1. The molecular weight excluding hydrogens is 338 g/mol. The molecular formula is C20H27N7. The smallest absolute Gasteiger partial charge is 0.132 e. The van der Waals surface area contributed by atoms with E-state index in [9.17, 15) is 0 Å². The molecule has 0 atom stereocenters. The van der Waals surface area contributed by atoms with Crippen LogP contribution >= 0.6 is 0 Å². The number of nitrogens with zero attached hydrogens (tertiary/aromatic N) is 2. The Kier molecular flexibility index (Phi) is 6.18. The zero-order valence-electron chi connectivity index (χ0n) is 16.2. The Morgan fingerprint density at radius 3 is 2.56 bits per heavy atom. The van der Waals surface area contributed by atoms with Crippen molar-refractivity contribution in [1.82, 2.24) is 15.3 Å². The minimum absolute atomic E-state index is 0.112. The highest BCUT2D eigenvalue weighted by Crippen LogP contribution is 2.26. The van der Waals surface area contributed by atoms with Gasteiger partial charge in [-0.1, -0.05) is 20.8 Å². The van der Waals surface area contributed by atoms with Gasteiger partial charge in [0.05, 0.1) is 11.0 Å². The molecule has 0 aromatic carbocycles. The Hall–Kier alpha value is -3.35. The van der Waals surface area contributed by atoms with E-state index in [1.54, 1.807) is 25.6 Å². The molecule has 142 valence electrons. The Labute approximate surface area is 159 Å². The Bertz CT molecular complexity index is 918. The number of nitrogens with one attached hydrogen (secondary N) is 3. The molecule has 0 fully saturated rings. The topological polar surface area (TPSA) is 126 Å². The van der Waals surface area contributed by atoms with Crippen molar-refractivity contribution in [2.75, 3.05) is 12.4 Å². The third-order valence-electron chi connectivity index (χ3n) is 3.96. The van der Waals surface area contributed by atoms with Gasteiger partial charge < -0.3 is 27.5 Å². The van der Waals surface area contributed by atoms with Gasteiger partial charge in [-0.05, 0) is 41.5 Å². The lowest BCUT2D eigenvalue weighted by atomic mass is 9.87. The van der Waals surface area contributed by atoms with Gasteiger partial charge in [-0.3, -0.25) is 4.98 Å². The van der Waals surface area contributed by atoms with Gasteiger partial charge in [0, 0.05) is 36.8 Å². The zero-order valence-corrected chi connectivity index (χ0v) is 16.2. The SMILES string of the molecule is CN/C=C(\C=N)c1cnc2ccc(N/C(N)=C/C(=C\N)C(C)(C)C)nc2c1. The average molecular weight is 365 g/mol. The second kappa shape index (κ2) is 8.35. The first-order chi connectivity index (χ1) is 12.8. The Morgan fingerprint density at radius 1 is 1.22 bits per heavy atom. The molecule has 0 aliphatic carbocycles. The molecule has 0 spiro atoms. The van der Waals surface area contributed by atoms with Gasteiger partial charge in [-0.2, -0.15) is 0 Å². The summed E-state index contributed by atoms with van der Waals surface area (Å²) in [7, 11) is 1.79. The van der Waals surface area contributed by atoms with Crippen LogP contribution in [0, 0.1) is 10.8 Å². The summed E-state index contributed by atoms with van der Waals surface area (Å²) < 4.78 is 0. The summed E-state index contributed by atoms with van der Waals surface area (Å²) in [6.45, 7) is 6.20. The molecule has 0 radical (unpaired) electrons. The first-order valence-electron chi connectivity index (χ1n) is 8.60. The lowest BCUT2D eigenvalue weighted by Gasteiger charge is -2.20. The zero-order chi connectivity index (χ0) is 20.0. The number of hydrogen-bond acceptors (Lipinski definition) is 7. The van der Waals surface area contributed by atoms with E-state index in [-0.39, 0.29) is 5.41 Å². The third kappa shape index (κ3) is 5.07. The maximum Gasteiger partial charge on any atom is 0.132 e. The predicted octanol–water partition coefficient (Wildman–Crippen LogP) is 2.94. The molecule has 7 N–H and O–H groups in total. The molecule has 0 saturated heterocycles. The molecule has 2 rings (SSSR count). The predicted molar refractivity (Wildman–Crippen MR) is 113 cm³/mol. The molecule has 7 heteroatoms. The summed E-state index contributed by atoms with van der Waals surface area (Å²) in [5.41, 5.74) is 15.6. The number of allylic oxidation sites excluding steroid dienone is 3. The van der Waals surface area contributed by atoms with E-state index in [1.165, 1.54) is 6.21 Å². The highest BCUT2D eigenvalue weighted by molar-refractivity contribution is 6.08. The fourth-order valence-corrected chi connectivity index (χ4v) is 2.46. The van der Waals surface area contributed by atoms with Crippen LogP contribution in [-0.2, 0) is 0 Å². The van der Waals surface area contributed by atoms with Crippen molar-refractivity contribution < 1.29 is 0 Å². The second-order valence-corrected chi connectivity index (χ2v) is 7.09. The number of nitrogens with two attached hydrogens (primary N) is 2. The van der Waals surface area contributed by atoms with Crippen molar-refractivity contribution in [3.8, 4) is 0 Å². The number of rotatable bonds is 6. The van der Waals surface area contributed by atoms with Gasteiger partial charge in [-0.15, -0.1) is 0 Å². The van der Waals surface area contributed by atoms with Crippen molar-refractivity contribution in [1.29, 1.82) is 5.41 Å². The van der Waals surface area contributed by atoms with E-state index in [4.69, 9.17) is 16.9 Å². The van der Waals surface area contributed by atoms with Gasteiger partial charge in [0.25, 0.3) is 0 Å². The lowest BCUT2D eigenvalue weighted by Crippen LogP contribution is -2.15. The summed E-state index contributed by atoms with van der Waals surface area (Å²) in [6.07, 6.45) is 8.11. The highest BCUT2D eigenvalue weighted by atomic mass is 15.1. The van der Waals surface area contributed by atoms with E-state index < -0.39 is 0 Å². The van der Waals surface area contributed by atoms with Gasteiger partial charge in [0.15, 0.2) is 0 Å². The molecule has 2 aromatic rings. The van der Waals surface area contributed by atoms with Crippen LogP contribution < -0.4 is 22.1 Å². The highest BCUT2D eigenvalue weighted by Gasteiger charge is 2.15. The monoisotopic (exact) mass is 365 g/mol. The van der Waals surface area contributed by atoms with Crippen LogP contribution in [0.25, 0.3) is 16.6 Å². The summed E-state index contributed by atoms with van der Waals surface area (Å²) >= 11 is 0. The third-order valence-corrected chi connectivity index (χ3v) is 3.96. The van der Waals surface area contributed by atoms with Crippen molar-refractivity contribution in [3.05, 3.63) is 59.8 Å². The molecule has 2 aromatic heterocycles. The molecule has 7 nitrogen and oxygen atoms in total. The average Bonchev–Trinajstić information content (AvgIpc) is 2.62. The van der Waals surface area contributed by atoms with E-state index in [0.717, 1.165) is 22.2 Å². The summed E-state index contributed by atoms with van der Waals surface area (Å²) in [6, 6.07) is 5.58. The standard InChI is InChI=1S/C20H27N7/c1-20(2,3)15(10-22)8-18(23)27-19-6-5-16-17(26-19)7-13(12-25-16)14(9-21)11-24-4/h5-12,21,24H,22-23H2,1-4H3,(H,26,27)/b14-11+,15-10+,18-8+,21-9?. The van der Waals surface area contributed by atoms with Crippen LogP contribution in [0.1, 0.15) is 26.3 Å². The minimum atomic E-state index is -0.112. The molecule has 0 saturated carbocycles. The first kappa shape index (κ1) is 20.0. The molecule has 0 aliphatic heterocycles. The van der Waals surface area contributed by atoms with Crippen LogP contribution in [-0.4, -0.2) is 23.2 Å². The first-order valence-corrected chi connectivity index (χ1v) is 8.60. The van der Waals surface area contributed by atoms with Crippen molar-refractivity contribution >= 4 is 28.6 Å². The molecule has 0 bridgehead atoms. The fraction of sp³-hybridized carbons (Fsp3) is 0.250. The fourth-order valence-electron chi connectivity index (χ4n) is 2.46. The van der Waals surface area contributed by atoms with Gasteiger partial charge in [-0.25, -0.2) is 4.98 Å². The Balaban J connectivity index is 2.35. The van der Waals surface area contributed by atoms with Crippen LogP contribution in [0.5, 0.6) is 0 Å². The largest absolute Gasteiger partial charge is 0.404 e. The summed E-state index contributed by atoms with van der Waals surface area (Å²) in [5, 5.41) is 13.6. The molecule has 0 aliphatic rings. The van der Waals surface area contributed by atoms with Gasteiger partial charge >= 0.3 is 0 Å². The number of aromatic nitrogens is 2. The van der Waals surface area contributed by atoms with E-state index in [2.05, 4.69) is 41.4 Å². The van der Waals surface area contributed by atoms with Crippen molar-refractivity contribution in [2.24, 2.45) is 16.9 Å². The van der Waals surface area contributed by atoms with Gasteiger partial charge in [0.2, 0.25) is 0 Å². The Morgan fingerprint density at radius 2 is 1.96 bits per heavy atom.